The Hall–Kier alpha value is -0.130. The van der Waals surface area contributed by atoms with Crippen LogP contribution in [0.25, 0.3) is 0 Å². The first kappa shape index (κ1) is 14.5. The highest BCUT2D eigenvalue weighted by Gasteiger charge is 2.51. The molecule has 4 aliphatic rings. The van der Waals surface area contributed by atoms with Gasteiger partial charge in [-0.1, -0.05) is 12.8 Å². The largest absolute Gasteiger partial charge is 0.372 e. The number of sulfone groups is 1. The van der Waals surface area contributed by atoms with Gasteiger partial charge in [0.15, 0.2) is 9.84 Å². The van der Waals surface area contributed by atoms with Gasteiger partial charge in [0, 0.05) is 18.5 Å². The molecule has 0 radical (unpaired) electrons. The highest BCUT2D eigenvalue weighted by molar-refractivity contribution is 7.91. The number of ether oxygens (including phenoxy) is 1. The maximum atomic E-state index is 11.8. The summed E-state index contributed by atoms with van der Waals surface area (Å²) in [5.74, 6) is 1.16. The maximum absolute atomic E-state index is 11.8. The Labute approximate surface area is 127 Å². The molecule has 0 aromatic carbocycles. The van der Waals surface area contributed by atoms with Crippen molar-refractivity contribution in [1.82, 2.24) is 5.32 Å². The fraction of sp³-hybridized carbons (Fsp3) is 1.00. The summed E-state index contributed by atoms with van der Waals surface area (Å²) < 4.78 is 30.1. The molecule has 5 heteroatoms. The molecule has 1 spiro atoms. The molecule has 1 N–H and O–H groups in total. The molecular formula is C16H27NO3S. The zero-order chi connectivity index (χ0) is 14.6. The molecule has 3 saturated heterocycles. The van der Waals surface area contributed by atoms with E-state index in [1.54, 1.807) is 0 Å². The Morgan fingerprint density at radius 2 is 1.86 bits per heavy atom. The van der Waals surface area contributed by atoms with Gasteiger partial charge in [0.1, 0.15) is 0 Å². The molecule has 4 fully saturated rings. The van der Waals surface area contributed by atoms with Crippen molar-refractivity contribution in [2.75, 3.05) is 24.6 Å². The summed E-state index contributed by atoms with van der Waals surface area (Å²) in [5.41, 5.74) is 0.392. The van der Waals surface area contributed by atoms with Crippen LogP contribution in [0, 0.1) is 11.3 Å². The van der Waals surface area contributed by atoms with Gasteiger partial charge in [-0.25, -0.2) is 8.42 Å². The average molecular weight is 313 g/mol. The standard InChI is InChI=1S/C16H27NO3S/c18-21(19)8-4-13(10-21)15(11-17-12-15)9-14-3-7-16(20-14)5-1-2-6-16/h13-14,17H,1-12H2. The van der Waals surface area contributed by atoms with Crippen molar-refractivity contribution >= 4 is 9.84 Å². The van der Waals surface area contributed by atoms with E-state index in [1.807, 2.05) is 0 Å². The monoisotopic (exact) mass is 313 g/mol. The summed E-state index contributed by atoms with van der Waals surface area (Å²) in [6.07, 6.45) is 9.84. The van der Waals surface area contributed by atoms with Gasteiger partial charge in [0.05, 0.1) is 23.2 Å². The Bertz CT molecular complexity index is 506. The van der Waals surface area contributed by atoms with E-state index in [2.05, 4.69) is 5.32 Å². The molecular weight excluding hydrogens is 286 g/mol. The molecule has 2 unspecified atom stereocenters. The lowest BCUT2D eigenvalue weighted by molar-refractivity contribution is -0.0690. The molecule has 4 nitrogen and oxygen atoms in total. The van der Waals surface area contributed by atoms with E-state index in [-0.39, 0.29) is 11.0 Å². The summed E-state index contributed by atoms with van der Waals surface area (Å²) in [7, 11) is -2.78. The lowest BCUT2D eigenvalue weighted by Crippen LogP contribution is -2.59. The van der Waals surface area contributed by atoms with Crippen molar-refractivity contribution in [2.45, 2.75) is 63.1 Å². The second-order valence-corrected chi connectivity index (χ2v) is 10.2. The van der Waals surface area contributed by atoms with E-state index in [0.29, 0.717) is 23.5 Å². The van der Waals surface area contributed by atoms with E-state index in [9.17, 15) is 8.42 Å². The minimum absolute atomic E-state index is 0.193. The predicted octanol–water partition coefficient (Wildman–Crippen LogP) is 1.89. The molecule has 2 atom stereocenters. The van der Waals surface area contributed by atoms with E-state index >= 15 is 0 Å². The van der Waals surface area contributed by atoms with Gasteiger partial charge in [0.2, 0.25) is 0 Å². The second kappa shape index (κ2) is 4.93. The zero-order valence-corrected chi connectivity index (χ0v) is 13.6. The molecule has 3 aliphatic heterocycles. The predicted molar refractivity (Wildman–Crippen MR) is 82.0 cm³/mol. The minimum atomic E-state index is -2.78. The fourth-order valence-corrected chi connectivity index (χ4v) is 7.15. The van der Waals surface area contributed by atoms with Gasteiger partial charge in [-0.2, -0.15) is 0 Å². The first-order valence-corrected chi connectivity index (χ1v) is 10.4. The van der Waals surface area contributed by atoms with Crippen LogP contribution in [-0.2, 0) is 14.6 Å². The number of nitrogens with one attached hydrogen (secondary N) is 1. The first-order valence-electron chi connectivity index (χ1n) is 8.60. The van der Waals surface area contributed by atoms with Crippen LogP contribution in [0.2, 0.25) is 0 Å². The molecule has 120 valence electrons. The van der Waals surface area contributed by atoms with E-state index in [0.717, 1.165) is 25.9 Å². The van der Waals surface area contributed by atoms with Gasteiger partial charge in [0.25, 0.3) is 0 Å². The first-order chi connectivity index (χ1) is 10.0. The highest BCUT2D eigenvalue weighted by atomic mass is 32.2. The van der Waals surface area contributed by atoms with E-state index in [4.69, 9.17) is 4.74 Å². The lowest BCUT2D eigenvalue weighted by Gasteiger charge is -2.48. The minimum Gasteiger partial charge on any atom is -0.372 e. The van der Waals surface area contributed by atoms with Crippen molar-refractivity contribution in [3.8, 4) is 0 Å². The van der Waals surface area contributed by atoms with Gasteiger partial charge >= 0.3 is 0 Å². The summed E-state index contributed by atoms with van der Waals surface area (Å²) in [4.78, 5) is 0. The number of hydrogen-bond donors (Lipinski definition) is 1. The van der Waals surface area contributed by atoms with Crippen molar-refractivity contribution in [1.29, 1.82) is 0 Å². The van der Waals surface area contributed by atoms with Crippen LogP contribution in [0.1, 0.15) is 51.4 Å². The van der Waals surface area contributed by atoms with E-state index < -0.39 is 9.84 Å². The molecule has 3 heterocycles. The third-order valence-corrected chi connectivity index (χ3v) is 8.31. The SMILES string of the molecule is O=S1(=O)CCC(C2(CC3CCC4(CCCC4)O3)CNC2)C1. The van der Waals surface area contributed by atoms with Crippen LogP contribution >= 0.6 is 0 Å². The van der Waals surface area contributed by atoms with Gasteiger partial charge in [-0.3, -0.25) is 0 Å². The van der Waals surface area contributed by atoms with Crippen LogP contribution in [-0.4, -0.2) is 44.7 Å². The molecule has 0 bridgehead atoms. The van der Waals surface area contributed by atoms with Crippen LogP contribution < -0.4 is 5.32 Å². The highest BCUT2D eigenvalue weighted by Crippen LogP contribution is 2.49. The third kappa shape index (κ3) is 2.55. The Morgan fingerprint density at radius 3 is 2.43 bits per heavy atom. The van der Waals surface area contributed by atoms with Crippen LogP contribution in [0.4, 0.5) is 0 Å². The molecule has 21 heavy (non-hydrogen) atoms. The molecule has 0 aromatic rings. The molecule has 1 saturated carbocycles. The van der Waals surface area contributed by atoms with Gasteiger partial charge in [-0.15, -0.1) is 0 Å². The fourth-order valence-electron chi connectivity index (χ4n) is 5.20. The summed E-state index contributed by atoms with van der Waals surface area (Å²) >= 11 is 0. The third-order valence-electron chi connectivity index (χ3n) is 6.54. The van der Waals surface area contributed by atoms with Crippen molar-refractivity contribution in [3.63, 3.8) is 0 Å². The van der Waals surface area contributed by atoms with Crippen LogP contribution in [0.5, 0.6) is 0 Å². The number of rotatable bonds is 3. The smallest absolute Gasteiger partial charge is 0.150 e. The summed E-state index contributed by atoms with van der Waals surface area (Å²) in [6, 6.07) is 0. The van der Waals surface area contributed by atoms with Crippen molar-refractivity contribution in [2.24, 2.45) is 11.3 Å². The average Bonchev–Trinajstić information content (AvgIpc) is 3.08. The molecule has 0 amide bonds. The quantitative estimate of drug-likeness (QED) is 0.864. The van der Waals surface area contributed by atoms with E-state index in [1.165, 1.54) is 38.5 Å². The normalized spacial score (nSPS) is 39.6. The molecule has 0 aromatic heterocycles. The van der Waals surface area contributed by atoms with Crippen LogP contribution in [0.3, 0.4) is 0 Å². The topological polar surface area (TPSA) is 55.4 Å². The summed E-state index contributed by atoms with van der Waals surface area (Å²) in [5, 5.41) is 3.39. The van der Waals surface area contributed by atoms with Gasteiger partial charge in [-0.05, 0) is 44.4 Å². The lowest BCUT2D eigenvalue weighted by atomic mass is 9.67. The second-order valence-electron chi connectivity index (χ2n) is 7.94. The Kier molecular flexibility index (Phi) is 3.40. The Balaban J connectivity index is 1.43. The molecule has 1 aliphatic carbocycles. The molecule has 4 rings (SSSR count). The van der Waals surface area contributed by atoms with Crippen molar-refractivity contribution in [3.05, 3.63) is 0 Å². The summed E-state index contributed by atoms with van der Waals surface area (Å²) in [6.45, 7) is 1.97. The maximum Gasteiger partial charge on any atom is 0.150 e. The van der Waals surface area contributed by atoms with Crippen molar-refractivity contribution < 1.29 is 13.2 Å². The van der Waals surface area contributed by atoms with Gasteiger partial charge < -0.3 is 10.1 Å². The van der Waals surface area contributed by atoms with Crippen LogP contribution in [0.15, 0.2) is 0 Å². The Morgan fingerprint density at radius 1 is 1.10 bits per heavy atom. The number of hydrogen-bond acceptors (Lipinski definition) is 4. The zero-order valence-electron chi connectivity index (χ0n) is 12.8.